The minimum atomic E-state index is -0.204. The maximum absolute atomic E-state index is 12.1. The van der Waals surface area contributed by atoms with Gasteiger partial charge in [0.2, 0.25) is 0 Å². The van der Waals surface area contributed by atoms with E-state index in [0.717, 1.165) is 23.2 Å². The van der Waals surface area contributed by atoms with Crippen LogP contribution < -0.4 is 10.6 Å². The molecule has 1 aromatic carbocycles. The van der Waals surface area contributed by atoms with Crippen LogP contribution in [0.4, 0.5) is 0 Å². The number of carbonyl (C=O) groups is 1. The minimum absolute atomic E-state index is 0.0788. The fraction of sp³-hybridized carbons (Fsp3) is 0.400. The van der Waals surface area contributed by atoms with Crippen molar-refractivity contribution in [2.75, 3.05) is 26.7 Å². The van der Waals surface area contributed by atoms with Crippen molar-refractivity contribution in [3.63, 3.8) is 0 Å². The number of aliphatic imine (C=N–C) groups is 1. The Morgan fingerprint density at radius 2 is 2.11 bits per heavy atom. The first-order valence-corrected chi connectivity index (χ1v) is 9.66. The number of aromatic hydroxyl groups is 1. The molecule has 7 nitrogen and oxygen atoms in total. The third kappa shape index (κ3) is 6.49. The highest BCUT2D eigenvalue weighted by Gasteiger charge is 2.10. The van der Waals surface area contributed by atoms with E-state index >= 15 is 0 Å². The van der Waals surface area contributed by atoms with Crippen LogP contribution in [0.25, 0.3) is 0 Å². The van der Waals surface area contributed by atoms with Crippen LogP contribution in [-0.4, -0.2) is 53.1 Å². The fourth-order valence-corrected chi connectivity index (χ4v) is 3.00. The number of nitrogens with zero attached hydrogens (tertiary/aromatic N) is 3. The molecule has 1 heterocycles. The van der Waals surface area contributed by atoms with Crippen molar-refractivity contribution in [2.45, 2.75) is 19.9 Å². The Balaban J connectivity index is 1.83. The summed E-state index contributed by atoms with van der Waals surface area (Å²) >= 11 is 6.05. The van der Waals surface area contributed by atoms with E-state index in [1.54, 1.807) is 12.1 Å². The number of halogens is 1. The second kappa shape index (κ2) is 10.6. The Labute approximate surface area is 171 Å². The van der Waals surface area contributed by atoms with Gasteiger partial charge in [-0.15, -0.1) is 0 Å². The summed E-state index contributed by atoms with van der Waals surface area (Å²) in [5.41, 5.74) is 1.54. The molecular weight excluding hydrogens is 378 g/mol. The quantitative estimate of drug-likeness (QED) is 0.358. The topological polar surface area (TPSA) is 81.9 Å². The first kappa shape index (κ1) is 21.6. The highest BCUT2D eigenvalue weighted by Crippen LogP contribution is 2.14. The zero-order valence-electron chi connectivity index (χ0n) is 16.6. The molecule has 28 heavy (non-hydrogen) atoms. The predicted octanol–water partition coefficient (Wildman–Crippen LogP) is 2.60. The molecule has 0 bridgehead atoms. The maximum atomic E-state index is 12.1. The van der Waals surface area contributed by atoms with Gasteiger partial charge in [0.15, 0.2) is 5.96 Å². The molecule has 0 unspecified atom stereocenters. The van der Waals surface area contributed by atoms with Crippen LogP contribution >= 0.6 is 11.6 Å². The molecule has 152 valence electrons. The van der Waals surface area contributed by atoms with Crippen molar-refractivity contribution in [3.05, 3.63) is 52.8 Å². The summed E-state index contributed by atoms with van der Waals surface area (Å²) in [5, 5.41) is 16.3. The standard InChI is InChI=1S/C20H28ClN5O2/c1-4-22-20(26(3)14-17-12-16(21)13-25(17)2)24-10-6-9-23-19(28)15-7-5-8-18(27)11-15/h5,7-8,11-13,27H,4,6,9-10,14H2,1-3H3,(H,22,24)(H,23,28). The van der Waals surface area contributed by atoms with Crippen LogP contribution in [0.15, 0.2) is 41.5 Å². The summed E-state index contributed by atoms with van der Waals surface area (Å²) < 4.78 is 2.00. The van der Waals surface area contributed by atoms with Crippen molar-refractivity contribution in [1.29, 1.82) is 0 Å². The predicted molar refractivity (Wildman–Crippen MR) is 113 cm³/mol. The van der Waals surface area contributed by atoms with E-state index in [4.69, 9.17) is 11.6 Å². The van der Waals surface area contributed by atoms with Crippen molar-refractivity contribution in [2.24, 2.45) is 12.0 Å². The van der Waals surface area contributed by atoms with Crippen molar-refractivity contribution in [1.82, 2.24) is 20.1 Å². The largest absolute Gasteiger partial charge is 0.508 e. The summed E-state index contributed by atoms with van der Waals surface area (Å²) in [7, 11) is 3.94. The van der Waals surface area contributed by atoms with Gasteiger partial charge in [-0.05, 0) is 37.6 Å². The summed E-state index contributed by atoms with van der Waals surface area (Å²) in [4.78, 5) is 18.7. The second-order valence-corrected chi connectivity index (χ2v) is 6.95. The molecule has 0 radical (unpaired) electrons. The van der Waals surface area contributed by atoms with Gasteiger partial charge in [0, 0.05) is 51.2 Å². The van der Waals surface area contributed by atoms with Crippen LogP contribution in [-0.2, 0) is 13.6 Å². The molecule has 2 aromatic rings. The lowest BCUT2D eigenvalue weighted by atomic mass is 10.2. The van der Waals surface area contributed by atoms with Gasteiger partial charge < -0.3 is 25.2 Å². The Bertz CT molecular complexity index is 819. The van der Waals surface area contributed by atoms with Gasteiger partial charge in [-0.2, -0.15) is 0 Å². The van der Waals surface area contributed by atoms with Crippen LogP contribution in [0, 0.1) is 0 Å². The van der Waals surface area contributed by atoms with Crippen LogP contribution in [0.5, 0.6) is 5.75 Å². The van der Waals surface area contributed by atoms with Gasteiger partial charge in [-0.1, -0.05) is 17.7 Å². The molecule has 3 N–H and O–H groups in total. The number of amides is 1. The van der Waals surface area contributed by atoms with Gasteiger partial charge in [-0.25, -0.2) is 0 Å². The summed E-state index contributed by atoms with van der Waals surface area (Å²) in [6.07, 6.45) is 2.59. The number of nitrogens with one attached hydrogen (secondary N) is 2. The molecule has 0 fully saturated rings. The summed E-state index contributed by atoms with van der Waals surface area (Å²) in [5.74, 6) is 0.679. The zero-order valence-corrected chi connectivity index (χ0v) is 17.3. The number of hydrogen-bond acceptors (Lipinski definition) is 3. The molecule has 0 spiro atoms. The third-order valence-corrected chi connectivity index (χ3v) is 4.37. The number of phenols is 1. The third-order valence-electron chi connectivity index (χ3n) is 4.16. The van der Waals surface area contributed by atoms with E-state index in [1.807, 2.05) is 42.7 Å². The first-order chi connectivity index (χ1) is 13.4. The lowest BCUT2D eigenvalue weighted by Gasteiger charge is -2.22. The fourth-order valence-electron chi connectivity index (χ4n) is 2.73. The molecular formula is C20H28ClN5O2. The number of aromatic nitrogens is 1. The van der Waals surface area contributed by atoms with Crippen molar-refractivity contribution < 1.29 is 9.90 Å². The molecule has 1 amide bonds. The van der Waals surface area contributed by atoms with Gasteiger partial charge in [0.05, 0.1) is 11.6 Å². The van der Waals surface area contributed by atoms with E-state index in [-0.39, 0.29) is 11.7 Å². The molecule has 2 rings (SSSR count). The monoisotopic (exact) mass is 405 g/mol. The van der Waals surface area contributed by atoms with Crippen LogP contribution in [0.3, 0.4) is 0 Å². The molecule has 0 aliphatic carbocycles. The average Bonchev–Trinajstić information content (AvgIpc) is 2.97. The zero-order chi connectivity index (χ0) is 20.5. The number of hydrogen-bond donors (Lipinski definition) is 3. The first-order valence-electron chi connectivity index (χ1n) is 9.28. The van der Waals surface area contributed by atoms with E-state index in [2.05, 4.69) is 15.6 Å². The number of benzene rings is 1. The van der Waals surface area contributed by atoms with E-state index < -0.39 is 0 Å². The Hall–Kier alpha value is -2.67. The van der Waals surface area contributed by atoms with Gasteiger partial charge in [0.25, 0.3) is 5.91 Å². The summed E-state index contributed by atoms with van der Waals surface area (Å²) in [6, 6.07) is 8.24. The Morgan fingerprint density at radius 1 is 1.32 bits per heavy atom. The number of aryl methyl sites for hydroxylation is 1. The second-order valence-electron chi connectivity index (χ2n) is 6.51. The van der Waals surface area contributed by atoms with E-state index in [1.165, 1.54) is 12.1 Å². The number of phenolic OH excluding ortho intramolecular Hbond substituents is 1. The SMILES string of the molecule is CCNC(=NCCCNC(=O)c1cccc(O)c1)N(C)Cc1cc(Cl)cn1C. The smallest absolute Gasteiger partial charge is 0.251 e. The maximum Gasteiger partial charge on any atom is 0.251 e. The number of guanidine groups is 1. The van der Waals surface area contributed by atoms with E-state index in [0.29, 0.717) is 31.6 Å². The number of rotatable bonds is 8. The lowest BCUT2D eigenvalue weighted by molar-refractivity contribution is 0.0953. The van der Waals surface area contributed by atoms with Gasteiger partial charge in [0.1, 0.15) is 5.75 Å². The lowest BCUT2D eigenvalue weighted by Crippen LogP contribution is -2.39. The Morgan fingerprint density at radius 3 is 2.75 bits per heavy atom. The molecule has 8 heteroatoms. The normalized spacial score (nSPS) is 11.4. The molecule has 0 aliphatic heterocycles. The highest BCUT2D eigenvalue weighted by atomic mass is 35.5. The van der Waals surface area contributed by atoms with Gasteiger partial charge in [-0.3, -0.25) is 9.79 Å². The van der Waals surface area contributed by atoms with Crippen LogP contribution in [0.2, 0.25) is 5.02 Å². The minimum Gasteiger partial charge on any atom is -0.508 e. The van der Waals surface area contributed by atoms with Crippen LogP contribution in [0.1, 0.15) is 29.4 Å². The Kier molecular flexibility index (Phi) is 8.19. The van der Waals surface area contributed by atoms with Crippen molar-refractivity contribution >= 4 is 23.5 Å². The highest BCUT2D eigenvalue weighted by molar-refractivity contribution is 6.30. The van der Waals surface area contributed by atoms with Crippen molar-refractivity contribution in [3.8, 4) is 5.75 Å². The number of carbonyl (C=O) groups excluding carboxylic acids is 1. The average molecular weight is 406 g/mol. The molecule has 1 aromatic heterocycles. The molecule has 0 atom stereocenters. The molecule has 0 saturated carbocycles. The molecule has 0 aliphatic rings. The van der Waals surface area contributed by atoms with Gasteiger partial charge >= 0.3 is 0 Å². The molecule has 0 saturated heterocycles. The summed E-state index contributed by atoms with van der Waals surface area (Å²) in [6.45, 7) is 4.57. The van der Waals surface area contributed by atoms with E-state index in [9.17, 15) is 9.90 Å².